The molecule has 1 rings (SSSR count). The molecule has 0 spiro atoms. The predicted octanol–water partition coefficient (Wildman–Crippen LogP) is 1.43. The molecular weight excluding hydrogens is 294 g/mol. The summed E-state index contributed by atoms with van der Waals surface area (Å²) in [4.78, 5) is 0. The van der Waals surface area contributed by atoms with Crippen LogP contribution in [0, 0.1) is 0 Å². The number of piperidine rings is 1. The Morgan fingerprint density at radius 3 is 2.75 bits per heavy atom. The Morgan fingerprint density at radius 2 is 2.10 bits per heavy atom. The van der Waals surface area contributed by atoms with Gasteiger partial charge in [0.15, 0.2) is 0 Å². The van der Waals surface area contributed by atoms with Crippen LogP contribution in [0.2, 0.25) is 0 Å². The minimum atomic E-state index is -3.36. The maximum atomic E-state index is 12.5. The van der Waals surface area contributed by atoms with Gasteiger partial charge in [-0.25, -0.2) is 0 Å². The molecule has 1 aliphatic rings. The summed E-state index contributed by atoms with van der Waals surface area (Å²) in [7, 11) is -3.36. The van der Waals surface area contributed by atoms with Gasteiger partial charge in [0.1, 0.15) is 0 Å². The third kappa shape index (κ3) is 5.89. The number of likely N-dealkylation sites (N-methyl/N-ethyl adjacent to an activating group) is 1. The van der Waals surface area contributed by atoms with E-state index < -0.39 is 10.2 Å². The van der Waals surface area contributed by atoms with Crippen molar-refractivity contribution in [3.8, 4) is 0 Å². The van der Waals surface area contributed by atoms with Gasteiger partial charge in [0.05, 0.1) is 0 Å². The first-order chi connectivity index (χ1) is 9.51. The van der Waals surface area contributed by atoms with E-state index in [0.717, 1.165) is 43.9 Å². The summed E-state index contributed by atoms with van der Waals surface area (Å²) in [5.41, 5.74) is 0. The first-order valence-corrected chi connectivity index (χ1v) is 10.2. The number of hydrogen-bond donors (Lipinski definition) is 2. The number of thioether (sulfide) groups is 1. The Kier molecular flexibility index (Phi) is 8.43. The quantitative estimate of drug-likeness (QED) is 0.674. The minimum Gasteiger partial charge on any atom is -0.315 e. The van der Waals surface area contributed by atoms with Gasteiger partial charge in [-0.15, -0.1) is 0 Å². The third-order valence-corrected chi connectivity index (χ3v) is 6.38. The highest BCUT2D eigenvalue weighted by Crippen LogP contribution is 2.19. The van der Waals surface area contributed by atoms with E-state index in [9.17, 15) is 8.42 Å². The Hall–Kier alpha value is 0.180. The van der Waals surface area contributed by atoms with Gasteiger partial charge in [-0.05, 0) is 32.1 Å². The minimum absolute atomic E-state index is 0.0216. The molecule has 0 aromatic carbocycles. The second-order valence-electron chi connectivity index (χ2n) is 5.25. The molecule has 0 amide bonds. The SMILES string of the molecule is CCNCC1CCCCN1S(=O)(=O)NC(C)CSCC. The van der Waals surface area contributed by atoms with E-state index in [-0.39, 0.29) is 12.1 Å². The van der Waals surface area contributed by atoms with Crippen molar-refractivity contribution in [2.24, 2.45) is 0 Å². The summed E-state index contributed by atoms with van der Waals surface area (Å²) in [6, 6.07) is 0.0684. The van der Waals surface area contributed by atoms with Gasteiger partial charge in [-0.3, -0.25) is 0 Å². The number of nitrogens with one attached hydrogen (secondary N) is 2. The maximum absolute atomic E-state index is 12.5. The van der Waals surface area contributed by atoms with Crippen LogP contribution >= 0.6 is 11.8 Å². The van der Waals surface area contributed by atoms with E-state index in [1.807, 2.05) is 13.8 Å². The molecular formula is C13H29N3O2S2. The van der Waals surface area contributed by atoms with E-state index >= 15 is 0 Å². The van der Waals surface area contributed by atoms with Gasteiger partial charge >= 0.3 is 0 Å². The monoisotopic (exact) mass is 323 g/mol. The molecule has 0 radical (unpaired) electrons. The van der Waals surface area contributed by atoms with Crippen LogP contribution in [0.15, 0.2) is 0 Å². The van der Waals surface area contributed by atoms with Gasteiger partial charge in [-0.2, -0.15) is 29.2 Å². The zero-order valence-corrected chi connectivity index (χ0v) is 14.5. The van der Waals surface area contributed by atoms with Gasteiger partial charge in [-0.1, -0.05) is 20.3 Å². The summed E-state index contributed by atoms with van der Waals surface area (Å²) < 4.78 is 29.5. The molecule has 5 nitrogen and oxygen atoms in total. The number of nitrogens with zero attached hydrogens (tertiary/aromatic N) is 1. The summed E-state index contributed by atoms with van der Waals surface area (Å²) >= 11 is 1.76. The zero-order chi connectivity index (χ0) is 15.0. The molecule has 2 atom stereocenters. The molecule has 1 saturated heterocycles. The van der Waals surface area contributed by atoms with Crippen molar-refractivity contribution < 1.29 is 8.42 Å². The molecule has 2 N–H and O–H groups in total. The van der Waals surface area contributed by atoms with E-state index in [1.54, 1.807) is 16.1 Å². The Bertz CT molecular complexity index is 363. The lowest BCUT2D eigenvalue weighted by Gasteiger charge is -2.35. The molecule has 1 aliphatic heterocycles. The smallest absolute Gasteiger partial charge is 0.280 e. The fraction of sp³-hybridized carbons (Fsp3) is 1.00. The first-order valence-electron chi connectivity index (χ1n) is 7.58. The van der Waals surface area contributed by atoms with E-state index in [4.69, 9.17) is 0 Å². The topological polar surface area (TPSA) is 61.4 Å². The standard InChI is InChI=1S/C13H29N3O2S2/c1-4-14-10-13-8-6-7-9-16(13)20(17,18)15-12(3)11-19-5-2/h12-15H,4-11H2,1-3H3. The molecule has 0 bridgehead atoms. The molecule has 2 unspecified atom stereocenters. The summed E-state index contributed by atoms with van der Waals surface area (Å²) in [5.74, 6) is 1.83. The Labute approximate surface area is 128 Å². The largest absolute Gasteiger partial charge is 0.315 e. The maximum Gasteiger partial charge on any atom is 0.280 e. The summed E-state index contributed by atoms with van der Waals surface area (Å²) in [5, 5.41) is 3.27. The predicted molar refractivity (Wildman–Crippen MR) is 87.4 cm³/mol. The molecule has 7 heteroatoms. The highest BCUT2D eigenvalue weighted by molar-refractivity contribution is 7.99. The highest BCUT2D eigenvalue weighted by atomic mass is 32.2. The lowest BCUT2D eigenvalue weighted by molar-refractivity contribution is 0.243. The van der Waals surface area contributed by atoms with Gasteiger partial charge in [0, 0.05) is 30.9 Å². The zero-order valence-electron chi connectivity index (χ0n) is 12.9. The molecule has 20 heavy (non-hydrogen) atoms. The molecule has 0 aliphatic carbocycles. The van der Waals surface area contributed by atoms with Crippen LogP contribution in [0.3, 0.4) is 0 Å². The molecule has 0 aromatic heterocycles. The summed E-state index contributed by atoms with van der Waals surface area (Å²) in [6.45, 7) is 8.33. The normalized spacial score (nSPS) is 22.9. The van der Waals surface area contributed by atoms with Crippen molar-refractivity contribution in [2.45, 2.75) is 52.1 Å². The second-order valence-corrected chi connectivity index (χ2v) is 8.23. The molecule has 0 saturated carbocycles. The van der Waals surface area contributed by atoms with E-state index in [2.05, 4.69) is 17.0 Å². The first kappa shape index (κ1) is 18.2. The lowest BCUT2D eigenvalue weighted by Crippen LogP contribution is -2.54. The lowest BCUT2D eigenvalue weighted by atomic mass is 10.1. The van der Waals surface area contributed by atoms with Gasteiger partial charge < -0.3 is 5.32 Å². The number of rotatable bonds is 9. The average Bonchev–Trinajstić information content (AvgIpc) is 2.42. The fourth-order valence-electron chi connectivity index (χ4n) is 2.46. The van der Waals surface area contributed by atoms with Crippen LogP contribution in [0.25, 0.3) is 0 Å². The van der Waals surface area contributed by atoms with Crippen molar-refractivity contribution in [3.05, 3.63) is 0 Å². The van der Waals surface area contributed by atoms with Crippen LogP contribution in [-0.2, 0) is 10.2 Å². The van der Waals surface area contributed by atoms with E-state index in [0.29, 0.717) is 6.54 Å². The average molecular weight is 324 g/mol. The Balaban J connectivity index is 2.62. The molecule has 1 fully saturated rings. The van der Waals surface area contributed by atoms with Crippen LogP contribution < -0.4 is 10.0 Å². The van der Waals surface area contributed by atoms with Crippen LogP contribution in [-0.4, -0.2) is 55.9 Å². The molecule has 1 heterocycles. The van der Waals surface area contributed by atoms with Crippen LogP contribution in [0.5, 0.6) is 0 Å². The van der Waals surface area contributed by atoms with Gasteiger partial charge in [0.2, 0.25) is 0 Å². The van der Waals surface area contributed by atoms with Crippen LogP contribution in [0.1, 0.15) is 40.0 Å². The second kappa shape index (κ2) is 9.25. The van der Waals surface area contributed by atoms with Crippen molar-refractivity contribution in [2.75, 3.05) is 31.1 Å². The highest BCUT2D eigenvalue weighted by Gasteiger charge is 2.32. The van der Waals surface area contributed by atoms with Crippen molar-refractivity contribution in [1.82, 2.24) is 14.3 Å². The fourth-order valence-corrected chi connectivity index (χ4v) is 4.90. The van der Waals surface area contributed by atoms with Crippen molar-refractivity contribution >= 4 is 22.0 Å². The van der Waals surface area contributed by atoms with Crippen LogP contribution in [0.4, 0.5) is 0 Å². The third-order valence-electron chi connectivity index (χ3n) is 3.43. The number of hydrogen-bond acceptors (Lipinski definition) is 4. The summed E-state index contributed by atoms with van der Waals surface area (Å²) in [6.07, 6.45) is 3.02. The van der Waals surface area contributed by atoms with E-state index in [1.165, 1.54) is 0 Å². The van der Waals surface area contributed by atoms with Crippen molar-refractivity contribution in [1.29, 1.82) is 0 Å². The molecule has 0 aromatic rings. The molecule has 120 valence electrons. The van der Waals surface area contributed by atoms with Gasteiger partial charge in [0.25, 0.3) is 10.2 Å². The Morgan fingerprint density at radius 1 is 1.35 bits per heavy atom. The van der Waals surface area contributed by atoms with Crippen molar-refractivity contribution in [3.63, 3.8) is 0 Å².